The van der Waals surface area contributed by atoms with Crippen molar-refractivity contribution in [1.29, 1.82) is 0 Å². The lowest BCUT2D eigenvalue weighted by atomic mass is 10.5. The molecule has 0 radical (unpaired) electrons. The normalized spacial score (nSPS) is 11.5. The minimum absolute atomic E-state index is 0.123. The maximum Gasteiger partial charge on any atom is 0.445 e. The lowest BCUT2D eigenvalue weighted by Gasteiger charge is -1.93. The Kier molecular flexibility index (Phi) is 2.45. The maximum atomic E-state index is 12.7. The average Bonchev–Trinajstić information content (AvgIpc) is 1.88. The summed E-state index contributed by atoms with van der Waals surface area (Å²) in [5.41, 5.74) is 0.123. The van der Waals surface area contributed by atoms with E-state index in [0.29, 0.717) is 0 Å². The van der Waals surface area contributed by atoms with E-state index in [1.165, 1.54) is 12.3 Å². The molecule has 0 saturated heterocycles. The first-order valence-corrected chi connectivity index (χ1v) is 5.99. The molecule has 0 unspecified atom stereocenters. The van der Waals surface area contributed by atoms with Gasteiger partial charge in [-0.2, -0.15) is 0 Å². The summed E-state index contributed by atoms with van der Waals surface area (Å²) in [6.07, 6.45) is -1.98. The van der Waals surface area contributed by atoms with Gasteiger partial charge >= 0.3 is 6.28 Å². The molecule has 0 fully saturated rings. The van der Waals surface area contributed by atoms with Crippen LogP contribution >= 0.6 is 28.8 Å². The molecule has 0 aliphatic rings. The molecule has 0 aromatic carbocycles. The van der Waals surface area contributed by atoms with Gasteiger partial charge < -0.3 is 0 Å². The first-order valence-electron chi connectivity index (χ1n) is 2.50. The van der Waals surface area contributed by atoms with E-state index in [4.69, 9.17) is 22.5 Å². The number of hydrogen-bond donors (Lipinski definition) is 0. The number of hydrogen-bond acceptors (Lipinski definition) is 1. The lowest BCUT2D eigenvalue weighted by molar-refractivity contribution is 0.913. The fraction of sp³-hybridized carbons (Fsp3) is 0. The SMILES string of the molecule is F[P+](Cl)(Cl)c1ccccn1. The first-order chi connectivity index (χ1) is 4.61. The van der Waals surface area contributed by atoms with Gasteiger partial charge in [0.1, 0.15) is 0 Å². The second-order valence-electron chi connectivity index (χ2n) is 1.63. The van der Waals surface area contributed by atoms with Crippen LogP contribution in [0.3, 0.4) is 0 Å². The zero-order valence-electron chi connectivity index (χ0n) is 4.84. The Morgan fingerprint density at radius 1 is 1.40 bits per heavy atom. The number of nitrogens with zero attached hydrogens (tertiary/aromatic N) is 1. The van der Waals surface area contributed by atoms with Crippen LogP contribution in [0, 0.1) is 0 Å². The van der Waals surface area contributed by atoms with E-state index >= 15 is 0 Å². The molecule has 0 N–H and O–H groups in total. The van der Waals surface area contributed by atoms with E-state index in [-0.39, 0.29) is 5.44 Å². The van der Waals surface area contributed by atoms with Gasteiger partial charge in [0.15, 0.2) is 22.5 Å². The number of pyridine rings is 1. The molecule has 1 aromatic rings. The van der Waals surface area contributed by atoms with Crippen molar-refractivity contribution in [3.63, 3.8) is 0 Å². The van der Waals surface area contributed by atoms with Gasteiger partial charge in [0, 0.05) is 12.3 Å². The molecule has 5 heteroatoms. The van der Waals surface area contributed by atoms with Gasteiger partial charge in [-0.3, -0.25) is 0 Å². The molecule has 10 heavy (non-hydrogen) atoms. The van der Waals surface area contributed by atoms with Crippen LogP contribution in [0.5, 0.6) is 0 Å². The maximum absolute atomic E-state index is 12.7. The van der Waals surface area contributed by atoms with Crippen molar-refractivity contribution in [3.8, 4) is 0 Å². The first kappa shape index (κ1) is 8.19. The van der Waals surface area contributed by atoms with Gasteiger partial charge in [-0.15, -0.1) is 0 Å². The summed E-state index contributed by atoms with van der Waals surface area (Å²) in [6, 6.07) is 4.78. The second-order valence-corrected chi connectivity index (χ2v) is 6.30. The molecular weight excluding hydrogens is 195 g/mol. The van der Waals surface area contributed by atoms with Crippen LogP contribution in [0.4, 0.5) is 4.20 Å². The van der Waals surface area contributed by atoms with Crippen LogP contribution in [-0.2, 0) is 0 Å². The van der Waals surface area contributed by atoms with E-state index in [9.17, 15) is 4.20 Å². The minimum atomic E-state index is -3.43. The predicted octanol–water partition coefficient (Wildman–Crippen LogP) is 2.92. The van der Waals surface area contributed by atoms with Crippen molar-refractivity contribution in [2.24, 2.45) is 0 Å². The summed E-state index contributed by atoms with van der Waals surface area (Å²) in [7, 11) is 0. The fourth-order valence-electron chi connectivity index (χ4n) is 0.504. The quantitative estimate of drug-likeness (QED) is 0.633. The van der Waals surface area contributed by atoms with Crippen molar-refractivity contribution >= 4 is 34.2 Å². The van der Waals surface area contributed by atoms with Gasteiger partial charge in [-0.05, 0) is 10.3 Å². The summed E-state index contributed by atoms with van der Waals surface area (Å²) in [5, 5.41) is 0. The third-order valence-electron chi connectivity index (χ3n) is 0.909. The van der Waals surface area contributed by atoms with Gasteiger partial charge in [-0.25, -0.2) is 4.98 Å². The Labute approximate surface area is 68.2 Å². The minimum Gasteiger partial charge on any atom is -0.217 e. The van der Waals surface area contributed by atoms with Crippen LogP contribution in [0.2, 0.25) is 0 Å². The molecule has 1 rings (SSSR count). The zero-order valence-corrected chi connectivity index (χ0v) is 7.24. The molecule has 1 heterocycles. The smallest absolute Gasteiger partial charge is 0.217 e. The average molecular weight is 199 g/mol. The van der Waals surface area contributed by atoms with Crippen molar-refractivity contribution in [1.82, 2.24) is 4.98 Å². The van der Waals surface area contributed by atoms with Crippen LogP contribution in [-0.4, -0.2) is 4.98 Å². The largest absolute Gasteiger partial charge is 0.445 e. The predicted molar refractivity (Wildman–Crippen MR) is 43.6 cm³/mol. The van der Waals surface area contributed by atoms with Gasteiger partial charge in [0.05, 0.1) is 0 Å². The molecule has 1 aromatic heterocycles. The van der Waals surface area contributed by atoms with E-state index in [1.807, 2.05) is 0 Å². The van der Waals surface area contributed by atoms with Gasteiger partial charge in [0.25, 0.3) is 5.44 Å². The number of halogens is 3. The third-order valence-corrected chi connectivity index (χ3v) is 2.73. The molecule has 1 nitrogen and oxygen atoms in total. The second kappa shape index (κ2) is 3.00. The Hall–Kier alpha value is 0.0900. The Morgan fingerprint density at radius 2 is 2.10 bits per heavy atom. The third kappa shape index (κ3) is 2.05. The summed E-state index contributed by atoms with van der Waals surface area (Å²) in [6.45, 7) is 0. The summed E-state index contributed by atoms with van der Waals surface area (Å²) >= 11 is 10.4. The van der Waals surface area contributed by atoms with Crippen LogP contribution in [0.1, 0.15) is 0 Å². The van der Waals surface area contributed by atoms with Crippen LogP contribution < -0.4 is 5.44 Å². The molecule has 0 saturated carbocycles. The highest BCUT2D eigenvalue weighted by Crippen LogP contribution is 2.68. The van der Waals surface area contributed by atoms with Gasteiger partial charge in [0.2, 0.25) is 0 Å². The number of rotatable bonds is 1. The highest BCUT2D eigenvalue weighted by molar-refractivity contribution is 8.18. The van der Waals surface area contributed by atoms with Crippen LogP contribution in [0.25, 0.3) is 0 Å². The topological polar surface area (TPSA) is 12.9 Å². The lowest BCUT2D eigenvalue weighted by Crippen LogP contribution is -2.02. The molecule has 0 atom stereocenters. The molecule has 0 amide bonds. The number of aromatic nitrogens is 1. The Morgan fingerprint density at radius 3 is 2.40 bits per heavy atom. The summed E-state index contributed by atoms with van der Waals surface area (Å²) < 4.78 is 12.7. The van der Waals surface area contributed by atoms with E-state index < -0.39 is 6.28 Å². The van der Waals surface area contributed by atoms with Crippen molar-refractivity contribution in [2.45, 2.75) is 0 Å². The highest BCUT2D eigenvalue weighted by atomic mass is 35.9. The zero-order chi connectivity index (χ0) is 7.61. The molecular formula is C5H4Cl2FNP+. The van der Waals surface area contributed by atoms with Crippen molar-refractivity contribution in [3.05, 3.63) is 24.4 Å². The Bertz CT molecular complexity index is 211. The molecule has 0 bridgehead atoms. The van der Waals surface area contributed by atoms with E-state index in [1.54, 1.807) is 12.1 Å². The fourth-order valence-corrected chi connectivity index (χ4v) is 1.56. The summed E-state index contributed by atoms with van der Waals surface area (Å²) in [4.78, 5) is 3.66. The highest BCUT2D eigenvalue weighted by Gasteiger charge is 2.41. The standard InChI is InChI=1S/C5H4Cl2FNP/c6-10(7,8)5-3-1-2-4-9-5/h1-4H/q+1. The van der Waals surface area contributed by atoms with Crippen molar-refractivity contribution < 1.29 is 4.20 Å². The van der Waals surface area contributed by atoms with E-state index in [0.717, 1.165) is 0 Å². The molecule has 54 valence electrons. The van der Waals surface area contributed by atoms with Crippen LogP contribution in [0.15, 0.2) is 24.4 Å². The molecule has 0 spiro atoms. The molecule has 0 aliphatic carbocycles. The van der Waals surface area contributed by atoms with E-state index in [2.05, 4.69) is 4.98 Å². The Balaban J connectivity index is 2.97. The summed E-state index contributed by atoms with van der Waals surface area (Å²) in [5.74, 6) is 0. The molecule has 0 aliphatic heterocycles. The van der Waals surface area contributed by atoms with Crippen molar-refractivity contribution in [2.75, 3.05) is 0 Å². The van der Waals surface area contributed by atoms with Gasteiger partial charge in [-0.1, -0.05) is 6.07 Å². The monoisotopic (exact) mass is 198 g/mol.